The van der Waals surface area contributed by atoms with Gasteiger partial charge in [0.1, 0.15) is 5.75 Å². The van der Waals surface area contributed by atoms with Gasteiger partial charge in [0, 0.05) is 18.3 Å². The van der Waals surface area contributed by atoms with Crippen molar-refractivity contribution in [3.8, 4) is 17.0 Å². The molecule has 0 amide bonds. The number of hydrogen-bond donors (Lipinski definition) is 1. The van der Waals surface area contributed by atoms with Crippen LogP contribution < -0.4 is 10.1 Å². The first-order valence-electron chi connectivity index (χ1n) is 6.24. The number of benzene rings is 1. The number of nitrogens with one attached hydrogen (secondary N) is 1. The van der Waals surface area contributed by atoms with Crippen molar-refractivity contribution in [1.29, 1.82) is 0 Å². The van der Waals surface area contributed by atoms with Crippen LogP contribution in [-0.2, 0) is 0 Å². The maximum Gasteiger partial charge on any atom is 0.223 e. The van der Waals surface area contributed by atoms with Crippen molar-refractivity contribution in [3.05, 3.63) is 35.0 Å². The molecule has 1 heterocycles. The number of methoxy groups -OCH3 is 1. The van der Waals surface area contributed by atoms with E-state index in [1.54, 1.807) is 7.11 Å². The Morgan fingerprint density at radius 1 is 1.05 bits per heavy atom. The summed E-state index contributed by atoms with van der Waals surface area (Å²) in [5, 5.41) is 2.99. The van der Waals surface area contributed by atoms with Crippen molar-refractivity contribution < 1.29 is 4.74 Å². The second-order valence-corrected chi connectivity index (χ2v) is 4.53. The smallest absolute Gasteiger partial charge is 0.223 e. The van der Waals surface area contributed by atoms with Gasteiger partial charge < -0.3 is 10.1 Å². The quantitative estimate of drug-likeness (QED) is 0.917. The molecule has 0 saturated carbocycles. The molecular formula is C15H19N3O. The monoisotopic (exact) mass is 257 g/mol. The molecule has 4 nitrogen and oxygen atoms in total. The topological polar surface area (TPSA) is 47.0 Å². The van der Waals surface area contributed by atoms with Crippen LogP contribution in [0.3, 0.4) is 0 Å². The Kier molecular flexibility index (Phi) is 3.69. The molecule has 0 saturated heterocycles. The van der Waals surface area contributed by atoms with Crippen molar-refractivity contribution in [2.24, 2.45) is 0 Å². The van der Waals surface area contributed by atoms with Crippen LogP contribution in [0.25, 0.3) is 11.3 Å². The summed E-state index contributed by atoms with van der Waals surface area (Å²) in [4.78, 5) is 8.83. The lowest BCUT2D eigenvalue weighted by molar-refractivity contribution is 0.411. The summed E-state index contributed by atoms with van der Waals surface area (Å²) in [6.07, 6.45) is 0. The number of ether oxygens (including phenoxy) is 1. The maximum atomic E-state index is 5.34. The van der Waals surface area contributed by atoms with Gasteiger partial charge in [0.05, 0.1) is 12.8 Å². The number of aromatic nitrogens is 2. The van der Waals surface area contributed by atoms with Crippen LogP contribution in [0.15, 0.2) is 18.2 Å². The maximum absolute atomic E-state index is 5.34. The fourth-order valence-corrected chi connectivity index (χ4v) is 2.11. The molecule has 0 aliphatic heterocycles. The largest absolute Gasteiger partial charge is 0.496 e. The molecule has 4 heteroatoms. The van der Waals surface area contributed by atoms with E-state index in [1.807, 2.05) is 32.2 Å². The van der Waals surface area contributed by atoms with E-state index in [1.165, 1.54) is 5.56 Å². The normalized spacial score (nSPS) is 10.4. The minimum Gasteiger partial charge on any atom is -0.496 e. The van der Waals surface area contributed by atoms with E-state index in [0.29, 0.717) is 5.95 Å². The SMILES string of the molecule is CNc1nc(C)cc(-c2ccc(OC)c(C)c2C)n1. The first-order valence-corrected chi connectivity index (χ1v) is 6.24. The van der Waals surface area contributed by atoms with Gasteiger partial charge in [-0.2, -0.15) is 0 Å². The highest BCUT2D eigenvalue weighted by atomic mass is 16.5. The molecule has 0 aliphatic rings. The fourth-order valence-electron chi connectivity index (χ4n) is 2.11. The zero-order valence-corrected chi connectivity index (χ0v) is 12.0. The second kappa shape index (κ2) is 5.26. The predicted molar refractivity (Wildman–Crippen MR) is 77.8 cm³/mol. The van der Waals surface area contributed by atoms with Gasteiger partial charge in [0.15, 0.2) is 0 Å². The second-order valence-electron chi connectivity index (χ2n) is 4.53. The summed E-state index contributed by atoms with van der Waals surface area (Å²) in [5.41, 5.74) is 5.31. The molecule has 1 aromatic carbocycles. The standard InChI is InChI=1S/C15H19N3O/c1-9-8-13(18-15(16-4)17-9)12-6-7-14(19-5)11(3)10(12)2/h6-8H,1-5H3,(H,16,17,18). The van der Waals surface area contributed by atoms with Gasteiger partial charge in [0.2, 0.25) is 5.95 Å². The van der Waals surface area contributed by atoms with Crippen LogP contribution in [0.4, 0.5) is 5.95 Å². The number of rotatable bonds is 3. The van der Waals surface area contributed by atoms with Gasteiger partial charge in [-0.25, -0.2) is 9.97 Å². The summed E-state index contributed by atoms with van der Waals surface area (Å²) in [6, 6.07) is 6.02. The Labute approximate surface area is 113 Å². The molecule has 0 spiro atoms. The lowest BCUT2D eigenvalue weighted by Crippen LogP contribution is -2.01. The van der Waals surface area contributed by atoms with Crippen molar-refractivity contribution in [2.75, 3.05) is 19.5 Å². The zero-order chi connectivity index (χ0) is 14.0. The number of aryl methyl sites for hydroxylation is 1. The van der Waals surface area contributed by atoms with Crippen molar-refractivity contribution in [1.82, 2.24) is 9.97 Å². The number of nitrogens with zero attached hydrogens (tertiary/aromatic N) is 2. The Hall–Kier alpha value is -2.10. The summed E-state index contributed by atoms with van der Waals surface area (Å²) in [7, 11) is 3.51. The molecule has 0 fully saturated rings. The predicted octanol–water partition coefficient (Wildman–Crippen LogP) is 3.12. The molecule has 0 radical (unpaired) electrons. The first-order chi connectivity index (χ1) is 9.06. The molecule has 0 bridgehead atoms. The van der Waals surface area contributed by atoms with Gasteiger partial charge in [-0.3, -0.25) is 0 Å². The third-order valence-corrected chi connectivity index (χ3v) is 3.31. The van der Waals surface area contributed by atoms with E-state index in [9.17, 15) is 0 Å². The summed E-state index contributed by atoms with van der Waals surface area (Å²) >= 11 is 0. The van der Waals surface area contributed by atoms with Gasteiger partial charge >= 0.3 is 0 Å². The highest BCUT2D eigenvalue weighted by Crippen LogP contribution is 2.30. The average molecular weight is 257 g/mol. The summed E-state index contributed by atoms with van der Waals surface area (Å²) in [5.74, 6) is 1.55. The highest BCUT2D eigenvalue weighted by Gasteiger charge is 2.11. The minimum atomic E-state index is 0.642. The van der Waals surface area contributed by atoms with E-state index in [0.717, 1.165) is 28.3 Å². The molecule has 19 heavy (non-hydrogen) atoms. The zero-order valence-electron chi connectivity index (χ0n) is 12.0. The van der Waals surface area contributed by atoms with Crippen LogP contribution in [0, 0.1) is 20.8 Å². The first kappa shape index (κ1) is 13.3. The molecule has 1 aromatic heterocycles. The van der Waals surface area contributed by atoms with Gasteiger partial charge in [0.25, 0.3) is 0 Å². The average Bonchev–Trinajstić information content (AvgIpc) is 2.41. The van der Waals surface area contributed by atoms with Crippen LogP contribution in [-0.4, -0.2) is 24.1 Å². The Balaban J connectivity index is 2.59. The minimum absolute atomic E-state index is 0.642. The number of anilines is 1. The van der Waals surface area contributed by atoms with E-state index < -0.39 is 0 Å². The number of hydrogen-bond acceptors (Lipinski definition) is 4. The molecule has 1 N–H and O–H groups in total. The summed E-state index contributed by atoms with van der Waals surface area (Å²) in [6.45, 7) is 6.12. The van der Waals surface area contributed by atoms with Crippen LogP contribution in [0.1, 0.15) is 16.8 Å². The molecule has 0 aliphatic carbocycles. The van der Waals surface area contributed by atoms with E-state index in [-0.39, 0.29) is 0 Å². The highest BCUT2D eigenvalue weighted by molar-refractivity contribution is 5.68. The van der Waals surface area contributed by atoms with Crippen molar-refractivity contribution in [3.63, 3.8) is 0 Å². The van der Waals surface area contributed by atoms with E-state index >= 15 is 0 Å². The summed E-state index contributed by atoms with van der Waals surface area (Å²) < 4.78 is 5.34. The van der Waals surface area contributed by atoms with E-state index in [4.69, 9.17) is 4.74 Å². The van der Waals surface area contributed by atoms with Gasteiger partial charge in [-0.05, 0) is 50.1 Å². The molecule has 0 unspecified atom stereocenters. The molecule has 0 atom stereocenters. The lowest BCUT2D eigenvalue weighted by Gasteiger charge is -2.13. The fraction of sp³-hybridized carbons (Fsp3) is 0.333. The molecule has 2 aromatic rings. The third-order valence-electron chi connectivity index (χ3n) is 3.31. The van der Waals surface area contributed by atoms with Crippen molar-refractivity contribution in [2.45, 2.75) is 20.8 Å². The van der Waals surface area contributed by atoms with Crippen LogP contribution in [0.5, 0.6) is 5.75 Å². The molecule has 2 rings (SSSR count). The van der Waals surface area contributed by atoms with E-state index in [2.05, 4.69) is 29.1 Å². The van der Waals surface area contributed by atoms with Crippen LogP contribution in [0.2, 0.25) is 0 Å². The van der Waals surface area contributed by atoms with Crippen molar-refractivity contribution >= 4 is 5.95 Å². The van der Waals surface area contributed by atoms with Crippen LogP contribution >= 0.6 is 0 Å². The Morgan fingerprint density at radius 2 is 1.79 bits per heavy atom. The Bertz CT molecular complexity index is 609. The third kappa shape index (κ3) is 2.52. The Morgan fingerprint density at radius 3 is 2.42 bits per heavy atom. The molecule has 100 valence electrons. The van der Waals surface area contributed by atoms with Gasteiger partial charge in [-0.1, -0.05) is 0 Å². The molecular weight excluding hydrogens is 238 g/mol. The lowest BCUT2D eigenvalue weighted by atomic mass is 9.99. The van der Waals surface area contributed by atoms with Gasteiger partial charge in [-0.15, -0.1) is 0 Å².